The number of aromatic nitrogens is 2. The van der Waals surface area contributed by atoms with Crippen LogP contribution in [-0.2, 0) is 5.54 Å². The van der Waals surface area contributed by atoms with Crippen LogP contribution in [0.5, 0.6) is 0 Å². The van der Waals surface area contributed by atoms with Gasteiger partial charge < -0.3 is 5.32 Å². The number of anilines is 1. The Hall–Kier alpha value is -2.22. The quantitative estimate of drug-likeness (QED) is 0.513. The van der Waals surface area contributed by atoms with Crippen molar-refractivity contribution in [3.8, 4) is 0 Å². The smallest absolute Gasteiger partial charge is 0.319 e. The van der Waals surface area contributed by atoms with Crippen molar-refractivity contribution in [2.75, 3.05) is 5.32 Å². The van der Waals surface area contributed by atoms with E-state index in [1.807, 2.05) is 19.1 Å². The molecule has 0 unspecified atom stereocenters. The third-order valence-electron chi connectivity index (χ3n) is 6.97. The van der Waals surface area contributed by atoms with Crippen LogP contribution in [0.2, 0.25) is 0 Å². The lowest BCUT2D eigenvalue weighted by Gasteiger charge is -2.56. The molecule has 1 N–H and O–H groups in total. The third-order valence-corrected chi connectivity index (χ3v) is 7.63. The molecule has 4 aliphatic carbocycles. The minimum absolute atomic E-state index is 0.113. The van der Waals surface area contributed by atoms with Crippen LogP contribution in [0.3, 0.4) is 0 Å². The molecule has 1 aromatic carbocycles. The van der Waals surface area contributed by atoms with E-state index in [1.165, 1.54) is 25.5 Å². The Labute approximate surface area is 177 Å². The minimum Gasteiger partial charge on any atom is -0.319 e. The fourth-order valence-corrected chi connectivity index (χ4v) is 6.74. The summed E-state index contributed by atoms with van der Waals surface area (Å²) in [7, 11) is 0. The number of nitro groups is 1. The van der Waals surface area contributed by atoms with Crippen molar-refractivity contribution in [2.45, 2.75) is 51.0 Å². The van der Waals surface area contributed by atoms with Crippen molar-refractivity contribution < 1.29 is 9.72 Å². The molecule has 152 valence electrons. The number of aryl methyl sites for hydroxylation is 1. The second-order valence-corrected chi connectivity index (χ2v) is 10.00. The topological polar surface area (TPSA) is 90.1 Å². The Morgan fingerprint density at radius 2 is 1.86 bits per heavy atom. The number of hydrogen-bond donors (Lipinski definition) is 1. The standard InChI is InChI=1S/C21H23BrN4O3/c1-12-2-3-17(16(22)4-12)23-20(27)19-18(26(28)29)11-25(24-19)21-8-13-5-14(9-21)7-15(6-13)10-21/h2-4,11,13-15H,5-10H2,1H3,(H,23,27). The molecule has 0 spiro atoms. The van der Waals surface area contributed by atoms with Gasteiger partial charge in [-0.1, -0.05) is 6.07 Å². The SMILES string of the molecule is Cc1ccc(NC(=O)c2nn(C34CC5CC(CC(C5)C3)C4)cc2[N+](=O)[O-])c(Br)c1. The summed E-state index contributed by atoms with van der Waals surface area (Å²) in [5, 5.41) is 19.0. The molecule has 2 aromatic rings. The van der Waals surface area contributed by atoms with Crippen LogP contribution in [0.15, 0.2) is 28.9 Å². The zero-order chi connectivity index (χ0) is 20.3. The van der Waals surface area contributed by atoms with Crippen LogP contribution in [0.4, 0.5) is 11.4 Å². The summed E-state index contributed by atoms with van der Waals surface area (Å²) in [5.41, 5.74) is 1.12. The number of nitrogens with zero attached hydrogens (tertiary/aromatic N) is 3. The fourth-order valence-electron chi connectivity index (χ4n) is 6.15. The molecule has 1 aromatic heterocycles. The lowest BCUT2D eigenvalue weighted by atomic mass is 9.53. The normalized spacial score (nSPS) is 29.8. The predicted octanol–water partition coefficient (Wildman–Crippen LogP) is 5.04. The zero-order valence-electron chi connectivity index (χ0n) is 16.2. The van der Waals surface area contributed by atoms with Gasteiger partial charge in [-0.05, 0) is 96.8 Å². The van der Waals surface area contributed by atoms with Crippen LogP contribution < -0.4 is 5.32 Å². The first kappa shape index (κ1) is 18.8. The van der Waals surface area contributed by atoms with Gasteiger partial charge in [0.15, 0.2) is 0 Å². The molecule has 7 nitrogen and oxygen atoms in total. The summed E-state index contributed by atoms with van der Waals surface area (Å²) in [6.07, 6.45) is 8.37. The average Bonchev–Trinajstić information content (AvgIpc) is 3.10. The van der Waals surface area contributed by atoms with E-state index in [1.54, 1.807) is 10.7 Å². The first-order chi connectivity index (χ1) is 13.8. The number of nitrogens with one attached hydrogen (secondary N) is 1. The number of carbonyl (C=O) groups is 1. The maximum absolute atomic E-state index is 12.9. The Kier molecular flexibility index (Phi) is 4.31. The Morgan fingerprint density at radius 3 is 2.41 bits per heavy atom. The van der Waals surface area contributed by atoms with Gasteiger partial charge in [-0.2, -0.15) is 5.10 Å². The van der Waals surface area contributed by atoms with Gasteiger partial charge in [-0.25, -0.2) is 0 Å². The van der Waals surface area contributed by atoms with E-state index >= 15 is 0 Å². The summed E-state index contributed by atoms with van der Waals surface area (Å²) >= 11 is 3.43. The molecule has 29 heavy (non-hydrogen) atoms. The molecule has 8 heteroatoms. The number of rotatable bonds is 4. The molecule has 4 aliphatic rings. The van der Waals surface area contributed by atoms with Gasteiger partial charge in [0.1, 0.15) is 6.20 Å². The highest BCUT2D eigenvalue weighted by Gasteiger charge is 2.53. The van der Waals surface area contributed by atoms with Crippen molar-refractivity contribution in [1.82, 2.24) is 9.78 Å². The van der Waals surface area contributed by atoms with E-state index in [0.29, 0.717) is 23.4 Å². The van der Waals surface area contributed by atoms with E-state index in [0.717, 1.165) is 29.3 Å². The summed E-state index contributed by atoms with van der Waals surface area (Å²) < 4.78 is 2.50. The minimum atomic E-state index is -0.551. The van der Waals surface area contributed by atoms with Crippen LogP contribution in [0.25, 0.3) is 0 Å². The van der Waals surface area contributed by atoms with Gasteiger partial charge in [-0.3, -0.25) is 19.6 Å². The van der Waals surface area contributed by atoms with Gasteiger partial charge in [0, 0.05) is 4.47 Å². The average molecular weight is 459 g/mol. The van der Waals surface area contributed by atoms with Crippen molar-refractivity contribution in [3.05, 3.63) is 50.2 Å². The monoisotopic (exact) mass is 458 g/mol. The molecule has 0 saturated heterocycles. The summed E-state index contributed by atoms with van der Waals surface area (Å²) in [6.45, 7) is 1.95. The predicted molar refractivity (Wildman–Crippen MR) is 112 cm³/mol. The van der Waals surface area contributed by atoms with E-state index < -0.39 is 10.8 Å². The van der Waals surface area contributed by atoms with E-state index in [-0.39, 0.29) is 16.9 Å². The highest BCUT2D eigenvalue weighted by molar-refractivity contribution is 9.10. The Balaban J connectivity index is 1.48. The van der Waals surface area contributed by atoms with Crippen molar-refractivity contribution in [2.24, 2.45) is 17.8 Å². The van der Waals surface area contributed by atoms with Gasteiger partial charge in [0.2, 0.25) is 5.69 Å². The summed E-state index contributed by atoms with van der Waals surface area (Å²) in [5.74, 6) is 1.51. The van der Waals surface area contributed by atoms with Crippen molar-refractivity contribution in [1.29, 1.82) is 0 Å². The number of halogens is 1. The van der Waals surface area contributed by atoms with Crippen molar-refractivity contribution >= 4 is 33.2 Å². The molecule has 6 rings (SSSR count). The van der Waals surface area contributed by atoms with Gasteiger partial charge in [0.05, 0.1) is 16.1 Å². The highest BCUT2D eigenvalue weighted by Crippen LogP contribution is 2.58. The molecule has 0 radical (unpaired) electrons. The second kappa shape index (κ2) is 6.65. The lowest BCUT2D eigenvalue weighted by Crippen LogP contribution is -2.52. The van der Waals surface area contributed by atoms with Crippen LogP contribution in [0.1, 0.15) is 54.6 Å². The van der Waals surface area contributed by atoms with Gasteiger partial charge in [-0.15, -0.1) is 0 Å². The van der Waals surface area contributed by atoms with Crippen molar-refractivity contribution in [3.63, 3.8) is 0 Å². The molecule has 1 amide bonds. The van der Waals surface area contributed by atoms with E-state index in [2.05, 4.69) is 26.3 Å². The van der Waals surface area contributed by atoms with E-state index in [9.17, 15) is 14.9 Å². The number of amides is 1. The summed E-state index contributed by atoms with van der Waals surface area (Å²) in [4.78, 5) is 24.1. The maximum Gasteiger partial charge on any atom is 0.320 e. The largest absolute Gasteiger partial charge is 0.320 e. The van der Waals surface area contributed by atoms with Gasteiger partial charge in [0.25, 0.3) is 5.91 Å². The molecular weight excluding hydrogens is 436 g/mol. The number of carbonyl (C=O) groups excluding carboxylic acids is 1. The Morgan fingerprint density at radius 1 is 1.24 bits per heavy atom. The van der Waals surface area contributed by atoms with Crippen LogP contribution in [-0.4, -0.2) is 20.6 Å². The van der Waals surface area contributed by atoms with E-state index in [4.69, 9.17) is 0 Å². The Bertz CT molecular complexity index is 980. The number of hydrogen-bond acceptors (Lipinski definition) is 4. The molecule has 4 bridgehead atoms. The third kappa shape index (κ3) is 3.17. The van der Waals surface area contributed by atoms with Gasteiger partial charge >= 0.3 is 5.69 Å². The first-order valence-corrected chi connectivity index (χ1v) is 10.9. The maximum atomic E-state index is 12.9. The lowest BCUT2D eigenvalue weighted by molar-refractivity contribution is -0.385. The molecule has 4 saturated carbocycles. The van der Waals surface area contributed by atoms with Crippen LogP contribution >= 0.6 is 15.9 Å². The first-order valence-electron chi connectivity index (χ1n) is 10.1. The number of benzene rings is 1. The molecule has 1 heterocycles. The second-order valence-electron chi connectivity index (χ2n) is 9.14. The molecular formula is C21H23BrN4O3. The molecule has 0 aliphatic heterocycles. The van der Waals surface area contributed by atoms with Crippen LogP contribution in [0, 0.1) is 34.8 Å². The zero-order valence-corrected chi connectivity index (χ0v) is 17.8. The fraction of sp³-hybridized carbons (Fsp3) is 0.524. The highest BCUT2D eigenvalue weighted by atomic mass is 79.9. The molecule has 4 fully saturated rings. The summed E-state index contributed by atoms with van der Waals surface area (Å²) in [6, 6.07) is 5.54. The molecule has 0 atom stereocenters.